The Morgan fingerprint density at radius 2 is 2.26 bits per heavy atom. The van der Waals surface area contributed by atoms with Gasteiger partial charge in [-0.2, -0.15) is 0 Å². The van der Waals surface area contributed by atoms with Gasteiger partial charge in [0.1, 0.15) is 11.3 Å². The molecule has 1 atom stereocenters. The molecule has 1 unspecified atom stereocenters. The number of furan rings is 1. The van der Waals surface area contributed by atoms with Gasteiger partial charge in [-0.1, -0.05) is 6.07 Å². The topological polar surface area (TPSA) is 64.4 Å². The van der Waals surface area contributed by atoms with Crippen molar-refractivity contribution in [3.63, 3.8) is 0 Å². The summed E-state index contributed by atoms with van der Waals surface area (Å²) in [4.78, 5) is 16.3. The number of carbonyl (C=O) groups is 1. The first-order valence-electron chi connectivity index (χ1n) is 7.41. The first-order chi connectivity index (χ1) is 11.2. The molecule has 0 radical (unpaired) electrons. The number of methoxy groups -OCH3 is 1. The van der Waals surface area contributed by atoms with E-state index in [1.807, 2.05) is 37.3 Å². The van der Waals surface area contributed by atoms with E-state index in [1.54, 1.807) is 25.8 Å². The predicted molar refractivity (Wildman–Crippen MR) is 87.3 cm³/mol. The average Bonchev–Trinajstić information content (AvgIpc) is 2.97. The van der Waals surface area contributed by atoms with Crippen molar-refractivity contribution in [1.29, 1.82) is 0 Å². The van der Waals surface area contributed by atoms with Crippen LogP contribution >= 0.6 is 0 Å². The third-order valence-electron chi connectivity index (χ3n) is 3.78. The molecule has 0 fully saturated rings. The predicted octanol–water partition coefficient (Wildman–Crippen LogP) is 3.26. The Balaban J connectivity index is 1.71. The summed E-state index contributed by atoms with van der Waals surface area (Å²) in [7, 11) is 1.61. The number of hydrogen-bond donors (Lipinski definition) is 1. The Morgan fingerprint density at radius 3 is 3.00 bits per heavy atom. The van der Waals surface area contributed by atoms with E-state index >= 15 is 0 Å². The molecule has 3 aromatic rings. The Morgan fingerprint density at radius 1 is 1.39 bits per heavy atom. The lowest BCUT2D eigenvalue weighted by molar-refractivity contribution is -0.121. The van der Waals surface area contributed by atoms with Crippen LogP contribution in [0.15, 0.2) is 53.4 Å². The lowest BCUT2D eigenvalue weighted by atomic mass is 10.1. The second-order valence-electron chi connectivity index (χ2n) is 5.38. The fourth-order valence-electron chi connectivity index (χ4n) is 2.51. The molecule has 0 aliphatic heterocycles. The van der Waals surface area contributed by atoms with Crippen LogP contribution in [-0.4, -0.2) is 18.0 Å². The summed E-state index contributed by atoms with van der Waals surface area (Å²) >= 11 is 0. The number of rotatable bonds is 5. The number of pyridine rings is 1. The van der Waals surface area contributed by atoms with Gasteiger partial charge in [0.2, 0.25) is 5.91 Å². The zero-order valence-corrected chi connectivity index (χ0v) is 13.1. The highest BCUT2D eigenvalue weighted by atomic mass is 16.5. The van der Waals surface area contributed by atoms with Gasteiger partial charge >= 0.3 is 0 Å². The van der Waals surface area contributed by atoms with Crippen LogP contribution in [0.5, 0.6) is 5.75 Å². The minimum Gasteiger partial charge on any atom is -0.497 e. The maximum Gasteiger partial charge on any atom is 0.225 e. The summed E-state index contributed by atoms with van der Waals surface area (Å²) in [6.07, 6.45) is 5.36. The van der Waals surface area contributed by atoms with Gasteiger partial charge in [0, 0.05) is 29.4 Å². The minimum absolute atomic E-state index is 0.0557. The number of aromatic nitrogens is 1. The van der Waals surface area contributed by atoms with E-state index in [2.05, 4.69) is 10.3 Å². The highest BCUT2D eigenvalue weighted by Crippen LogP contribution is 2.26. The first kappa shape index (κ1) is 15.1. The molecule has 1 N–H and O–H groups in total. The first-order valence-corrected chi connectivity index (χ1v) is 7.41. The highest BCUT2D eigenvalue weighted by molar-refractivity contribution is 5.88. The summed E-state index contributed by atoms with van der Waals surface area (Å²) in [6.45, 7) is 1.94. The molecule has 23 heavy (non-hydrogen) atoms. The zero-order chi connectivity index (χ0) is 16.2. The Hall–Kier alpha value is -2.82. The molecule has 2 aromatic heterocycles. The van der Waals surface area contributed by atoms with Crippen LogP contribution in [0.1, 0.15) is 24.1 Å². The lowest BCUT2D eigenvalue weighted by Crippen LogP contribution is -2.28. The maximum atomic E-state index is 12.3. The fourth-order valence-corrected chi connectivity index (χ4v) is 2.51. The number of hydrogen-bond acceptors (Lipinski definition) is 4. The van der Waals surface area contributed by atoms with Crippen LogP contribution in [-0.2, 0) is 11.2 Å². The van der Waals surface area contributed by atoms with Crippen LogP contribution < -0.4 is 10.1 Å². The number of nitrogens with one attached hydrogen (secondary N) is 1. The van der Waals surface area contributed by atoms with Gasteiger partial charge in [-0.25, -0.2) is 0 Å². The SMILES string of the molecule is COc1ccc2c(CC(=O)NC(C)c3cccnc3)coc2c1. The van der Waals surface area contributed by atoms with Crippen molar-refractivity contribution < 1.29 is 13.9 Å². The Bertz CT molecular complexity index is 812. The Kier molecular flexibility index (Phi) is 4.28. The van der Waals surface area contributed by atoms with Crippen molar-refractivity contribution in [3.8, 4) is 5.75 Å². The van der Waals surface area contributed by atoms with Crippen LogP contribution in [0.25, 0.3) is 11.0 Å². The third kappa shape index (κ3) is 3.34. The smallest absolute Gasteiger partial charge is 0.225 e. The summed E-state index contributed by atoms with van der Waals surface area (Å²) in [6, 6.07) is 9.29. The quantitative estimate of drug-likeness (QED) is 0.785. The normalized spacial score (nSPS) is 12.1. The van der Waals surface area contributed by atoms with E-state index in [-0.39, 0.29) is 18.4 Å². The van der Waals surface area contributed by atoms with Crippen LogP contribution in [0.3, 0.4) is 0 Å². The van der Waals surface area contributed by atoms with E-state index in [9.17, 15) is 4.79 Å². The van der Waals surface area contributed by atoms with Gasteiger partial charge in [0.25, 0.3) is 0 Å². The molecule has 1 amide bonds. The standard InChI is InChI=1S/C18H18N2O3/c1-12(13-4-3-7-19-10-13)20-18(21)8-14-11-23-17-9-15(22-2)5-6-16(14)17/h3-7,9-12H,8H2,1-2H3,(H,20,21). The zero-order valence-electron chi connectivity index (χ0n) is 13.1. The monoisotopic (exact) mass is 310 g/mol. The van der Waals surface area contributed by atoms with Crippen molar-refractivity contribution >= 4 is 16.9 Å². The number of carbonyl (C=O) groups excluding carboxylic acids is 1. The van der Waals surface area contributed by atoms with Crippen LogP contribution in [0.4, 0.5) is 0 Å². The molecule has 2 heterocycles. The second kappa shape index (κ2) is 6.52. The highest BCUT2D eigenvalue weighted by Gasteiger charge is 2.14. The van der Waals surface area contributed by atoms with Gasteiger partial charge in [-0.3, -0.25) is 9.78 Å². The number of ether oxygens (including phenoxy) is 1. The molecule has 0 saturated heterocycles. The molecule has 1 aromatic carbocycles. The fraction of sp³-hybridized carbons (Fsp3) is 0.222. The number of fused-ring (bicyclic) bond motifs is 1. The number of amides is 1. The molecule has 3 rings (SSSR count). The van der Waals surface area contributed by atoms with E-state index in [4.69, 9.17) is 9.15 Å². The van der Waals surface area contributed by atoms with Crippen molar-refractivity contribution in [3.05, 3.63) is 60.1 Å². The van der Waals surface area contributed by atoms with Crippen LogP contribution in [0.2, 0.25) is 0 Å². The van der Waals surface area contributed by atoms with E-state index in [0.717, 1.165) is 22.3 Å². The van der Waals surface area contributed by atoms with Gasteiger partial charge in [-0.15, -0.1) is 0 Å². The lowest BCUT2D eigenvalue weighted by Gasteiger charge is -2.13. The molecule has 118 valence electrons. The molecule has 5 nitrogen and oxygen atoms in total. The van der Waals surface area contributed by atoms with E-state index in [1.165, 1.54) is 0 Å². The summed E-state index contributed by atoms with van der Waals surface area (Å²) < 4.78 is 10.7. The van der Waals surface area contributed by atoms with Gasteiger partial charge in [-0.05, 0) is 30.7 Å². The maximum absolute atomic E-state index is 12.3. The van der Waals surface area contributed by atoms with Gasteiger partial charge in [0.05, 0.1) is 25.8 Å². The molecule has 0 aliphatic rings. The van der Waals surface area contributed by atoms with E-state index in [0.29, 0.717) is 5.58 Å². The van der Waals surface area contributed by atoms with Crippen molar-refractivity contribution in [2.75, 3.05) is 7.11 Å². The van der Waals surface area contributed by atoms with Crippen LogP contribution in [0, 0.1) is 0 Å². The van der Waals surface area contributed by atoms with Gasteiger partial charge in [0.15, 0.2) is 0 Å². The van der Waals surface area contributed by atoms with E-state index < -0.39 is 0 Å². The molecule has 5 heteroatoms. The van der Waals surface area contributed by atoms with Gasteiger partial charge < -0.3 is 14.5 Å². The van der Waals surface area contributed by atoms with Crippen molar-refractivity contribution in [2.45, 2.75) is 19.4 Å². The number of nitrogens with zero attached hydrogens (tertiary/aromatic N) is 1. The molecular formula is C18H18N2O3. The minimum atomic E-state index is -0.0885. The molecule has 0 aliphatic carbocycles. The molecule has 0 spiro atoms. The third-order valence-corrected chi connectivity index (χ3v) is 3.78. The van der Waals surface area contributed by atoms with Crippen molar-refractivity contribution in [2.24, 2.45) is 0 Å². The molecule has 0 bridgehead atoms. The molecular weight excluding hydrogens is 292 g/mol. The molecule has 0 saturated carbocycles. The average molecular weight is 310 g/mol. The van der Waals surface area contributed by atoms with Crippen molar-refractivity contribution in [1.82, 2.24) is 10.3 Å². The summed E-state index contributed by atoms with van der Waals surface area (Å²) in [5.41, 5.74) is 2.55. The second-order valence-corrected chi connectivity index (χ2v) is 5.38. The summed E-state index contributed by atoms with van der Waals surface area (Å²) in [5.74, 6) is 0.674. The largest absolute Gasteiger partial charge is 0.497 e. The summed E-state index contributed by atoms with van der Waals surface area (Å²) in [5, 5.41) is 3.90. The number of benzene rings is 1. The Labute approximate surface area is 134 Å².